The summed E-state index contributed by atoms with van der Waals surface area (Å²) in [6.45, 7) is -0.343. The molecule has 0 saturated heterocycles. The maximum Gasteiger partial charge on any atom is 0.424 e. The van der Waals surface area contributed by atoms with Crippen LogP contribution < -0.4 is 15.8 Å². The number of fused-ring (bicyclic) bond motifs is 2. The second kappa shape index (κ2) is 10.4. The number of nitrogens with one attached hydrogen (secondary N) is 1. The minimum atomic E-state index is -5.38. The number of carbonyl (C=O) groups excluding carboxylic acids is 2. The maximum atomic E-state index is 14.6. The van der Waals surface area contributed by atoms with Crippen LogP contribution in [-0.2, 0) is 15.8 Å². The third kappa shape index (κ3) is 4.89. The first-order valence-corrected chi connectivity index (χ1v) is 13.0. The number of nitrogens with zero attached hydrogens (tertiary/aromatic N) is 2. The summed E-state index contributed by atoms with van der Waals surface area (Å²) in [4.78, 5) is 33.5. The minimum Gasteiger partial charge on any atom is -0.489 e. The van der Waals surface area contributed by atoms with Gasteiger partial charge in [0.25, 0.3) is 5.91 Å². The van der Waals surface area contributed by atoms with Crippen molar-refractivity contribution >= 4 is 45.9 Å². The molecule has 42 heavy (non-hydrogen) atoms. The quantitative estimate of drug-likeness (QED) is 0.258. The number of rotatable bonds is 6. The molecule has 2 amide bonds. The Bertz CT molecular complexity index is 1770. The topological polar surface area (TPSA) is 127 Å². The van der Waals surface area contributed by atoms with Gasteiger partial charge in [-0.3, -0.25) is 14.6 Å². The number of carbonyl (C=O) groups is 2. The first-order chi connectivity index (χ1) is 19.7. The van der Waals surface area contributed by atoms with E-state index in [4.69, 9.17) is 33.7 Å². The molecule has 14 heteroatoms. The van der Waals surface area contributed by atoms with Gasteiger partial charge < -0.3 is 20.9 Å². The van der Waals surface area contributed by atoms with Crippen molar-refractivity contribution in [3.05, 3.63) is 87.4 Å². The molecule has 5 rings (SSSR count). The van der Waals surface area contributed by atoms with Crippen LogP contribution in [0.2, 0.25) is 10.0 Å². The normalized spacial score (nSPS) is 17.8. The molecule has 4 N–H and O–H groups in total. The molecule has 1 aliphatic rings. The highest BCUT2D eigenvalue weighted by Crippen LogP contribution is 2.48. The summed E-state index contributed by atoms with van der Waals surface area (Å²) < 4.78 is 63.3. The number of alkyl halides is 3. The molecule has 4 aromatic rings. The molecule has 1 unspecified atom stereocenters. The van der Waals surface area contributed by atoms with Crippen molar-refractivity contribution < 1.29 is 37.0 Å². The highest BCUT2D eigenvalue weighted by atomic mass is 35.5. The van der Waals surface area contributed by atoms with Gasteiger partial charge in [0.2, 0.25) is 11.5 Å². The van der Waals surface area contributed by atoms with Gasteiger partial charge in [-0.1, -0.05) is 29.3 Å². The molecule has 0 fully saturated rings. The van der Waals surface area contributed by atoms with Crippen LogP contribution in [0.15, 0.2) is 54.7 Å². The number of nitrogens with two attached hydrogens (primary N) is 1. The largest absolute Gasteiger partial charge is 0.489 e. The van der Waals surface area contributed by atoms with Crippen LogP contribution >= 0.6 is 23.2 Å². The number of hydrogen-bond donors (Lipinski definition) is 3. The van der Waals surface area contributed by atoms with E-state index in [1.54, 1.807) is 12.1 Å². The Morgan fingerprint density at radius 2 is 1.88 bits per heavy atom. The van der Waals surface area contributed by atoms with E-state index in [1.807, 2.05) is 0 Å². The predicted octanol–water partition coefficient (Wildman–Crippen LogP) is 5.06. The van der Waals surface area contributed by atoms with Crippen molar-refractivity contribution in [3.8, 4) is 17.0 Å². The Hall–Kier alpha value is -4.00. The molecule has 8 nitrogen and oxygen atoms in total. The van der Waals surface area contributed by atoms with Crippen LogP contribution in [0.25, 0.3) is 22.2 Å². The molecule has 0 saturated carbocycles. The van der Waals surface area contributed by atoms with Crippen LogP contribution in [0, 0.1) is 5.82 Å². The monoisotopic (exact) mass is 622 g/mol. The molecular weight excluding hydrogens is 603 g/mol. The van der Waals surface area contributed by atoms with Crippen LogP contribution in [0.1, 0.15) is 28.5 Å². The van der Waals surface area contributed by atoms with E-state index in [2.05, 4.69) is 15.3 Å². The van der Waals surface area contributed by atoms with E-state index >= 15 is 0 Å². The highest BCUT2D eigenvalue weighted by Gasteiger charge is 2.57. The van der Waals surface area contributed by atoms with Gasteiger partial charge in [-0.15, -0.1) is 0 Å². The van der Waals surface area contributed by atoms with Crippen LogP contribution in [0.5, 0.6) is 5.75 Å². The van der Waals surface area contributed by atoms with Crippen molar-refractivity contribution in [2.75, 3.05) is 13.2 Å². The lowest BCUT2D eigenvalue weighted by Gasteiger charge is -2.31. The Kier molecular flexibility index (Phi) is 7.28. The van der Waals surface area contributed by atoms with E-state index in [0.29, 0.717) is 10.9 Å². The Labute approximate surface area is 245 Å². The molecule has 0 bridgehead atoms. The summed E-state index contributed by atoms with van der Waals surface area (Å²) in [6.07, 6.45) is -3.89. The van der Waals surface area contributed by atoms with Crippen molar-refractivity contribution in [2.45, 2.75) is 24.1 Å². The lowest BCUT2D eigenvalue weighted by atomic mass is 9.81. The second-order valence-electron chi connectivity index (χ2n) is 9.92. The average molecular weight is 623 g/mol. The summed E-state index contributed by atoms with van der Waals surface area (Å²) in [5, 5.41) is 13.5. The summed E-state index contributed by atoms with van der Waals surface area (Å²) in [6, 6.07) is 9.97. The number of benzene rings is 2. The van der Waals surface area contributed by atoms with E-state index in [1.165, 1.54) is 31.3 Å². The van der Waals surface area contributed by atoms with Gasteiger partial charge >= 0.3 is 6.18 Å². The number of primary amides is 1. The number of ether oxygens (including phenoxy) is 1. The summed E-state index contributed by atoms with van der Waals surface area (Å²) in [7, 11) is 0. The van der Waals surface area contributed by atoms with Gasteiger partial charge in [-0.2, -0.15) is 13.2 Å². The van der Waals surface area contributed by atoms with Crippen molar-refractivity contribution in [3.63, 3.8) is 0 Å². The maximum absolute atomic E-state index is 14.6. The molecule has 0 radical (unpaired) electrons. The first-order valence-electron chi connectivity index (χ1n) is 12.2. The van der Waals surface area contributed by atoms with E-state index in [-0.39, 0.29) is 44.8 Å². The number of pyridine rings is 2. The summed E-state index contributed by atoms with van der Waals surface area (Å²) in [5.74, 6) is -2.76. The number of aromatic nitrogens is 2. The van der Waals surface area contributed by atoms with Gasteiger partial charge in [-0.25, -0.2) is 9.37 Å². The first kappa shape index (κ1) is 29.5. The fourth-order valence-corrected chi connectivity index (χ4v) is 5.02. The SMILES string of the molecule is C[C@]1(C(N)=O)COc2c1cc(C(O)(CNC(=O)c1cc(Cl)c3ncccc3c1)C(F)(F)F)nc2-c1ccc(F)c(Cl)c1. The van der Waals surface area contributed by atoms with Crippen LogP contribution in [-0.4, -0.2) is 46.2 Å². The number of amides is 2. The van der Waals surface area contributed by atoms with Crippen molar-refractivity contribution in [2.24, 2.45) is 5.73 Å². The zero-order valence-electron chi connectivity index (χ0n) is 21.5. The Morgan fingerprint density at radius 3 is 2.55 bits per heavy atom. The van der Waals surface area contributed by atoms with Gasteiger partial charge in [0.1, 0.15) is 29.3 Å². The lowest BCUT2D eigenvalue weighted by molar-refractivity contribution is -0.265. The molecule has 2 aromatic heterocycles. The molecule has 0 aliphatic carbocycles. The van der Waals surface area contributed by atoms with Crippen LogP contribution in [0.4, 0.5) is 17.6 Å². The highest BCUT2D eigenvalue weighted by molar-refractivity contribution is 6.35. The summed E-state index contributed by atoms with van der Waals surface area (Å²) in [5.41, 5.74) is -0.750. The zero-order valence-corrected chi connectivity index (χ0v) is 23.0. The number of halogens is 6. The van der Waals surface area contributed by atoms with Crippen LogP contribution in [0.3, 0.4) is 0 Å². The van der Waals surface area contributed by atoms with Crippen molar-refractivity contribution in [1.82, 2.24) is 15.3 Å². The molecular formula is C28H20Cl2F4N4O4. The second-order valence-corrected chi connectivity index (χ2v) is 10.7. The van der Waals surface area contributed by atoms with E-state index in [0.717, 1.165) is 18.2 Å². The molecule has 2 atom stereocenters. The van der Waals surface area contributed by atoms with E-state index in [9.17, 15) is 32.3 Å². The third-order valence-corrected chi connectivity index (χ3v) is 7.71. The fraction of sp³-hybridized carbons (Fsp3) is 0.214. The standard InChI is InChI=1S/C28H20Cl2F4N4O4/c1-26(25(35)40)12-42-23-16(26)10-20(38-22(23)14-4-5-19(31)17(29)8-14)27(41,28(32,33)34)11-37-24(39)15-7-13-3-2-6-36-21(13)18(30)9-15/h2-10,41H,11-12H2,1H3,(H2,35,40)(H,37,39)/t26-,27?/m0/s1. The Balaban J connectivity index is 1.61. The molecule has 0 spiro atoms. The lowest BCUT2D eigenvalue weighted by Crippen LogP contribution is -2.51. The number of aliphatic hydroxyl groups is 1. The third-order valence-electron chi connectivity index (χ3n) is 7.13. The molecule has 218 valence electrons. The zero-order chi connectivity index (χ0) is 30.6. The van der Waals surface area contributed by atoms with Gasteiger partial charge in [0.15, 0.2) is 0 Å². The fourth-order valence-electron chi connectivity index (χ4n) is 4.56. The molecule has 2 aromatic carbocycles. The smallest absolute Gasteiger partial charge is 0.424 e. The van der Waals surface area contributed by atoms with Gasteiger partial charge in [0, 0.05) is 28.3 Å². The minimum absolute atomic E-state index is 0.0428. The number of hydrogen-bond acceptors (Lipinski definition) is 6. The van der Waals surface area contributed by atoms with Gasteiger partial charge in [0.05, 0.1) is 27.8 Å². The van der Waals surface area contributed by atoms with Crippen molar-refractivity contribution in [1.29, 1.82) is 0 Å². The predicted molar refractivity (Wildman–Crippen MR) is 146 cm³/mol. The molecule has 1 aliphatic heterocycles. The Morgan fingerprint density at radius 1 is 1.14 bits per heavy atom. The van der Waals surface area contributed by atoms with Gasteiger partial charge in [-0.05, 0) is 49.4 Å². The average Bonchev–Trinajstić information content (AvgIpc) is 3.29. The molecule has 3 heterocycles. The summed E-state index contributed by atoms with van der Waals surface area (Å²) >= 11 is 12.1. The van der Waals surface area contributed by atoms with E-state index < -0.39 is 47.1 Å².